The van der Waals surface area contributed by atoms with Gasteiger partial charge < -0.3 is 5.11 Å². The fraction of sp³-hybridized carbons (Fsp3) is 0.125. The molecule has 0 amide bonds. The fourth-order valence-electron chi connectivity index (χ4n) is 0.967. The number of carboxylic acid groups (broad SMARTS) is 1. The van der Waals surface area contributed by atoms with Gasteiger partial charge in [0.05, 0.1) is 21.2 Å². The van der Waals surface area contributed by atoms with E-state index >= 15 is 0 Å². The molecular formula is C8H3Cl2F3O2. The van der Waals surface area contributed by atoms with E-state index in [1.54, 1.807) is 0 Å². The van der Waals surface area contributed by atoms with Gasteiger partial charge >= 0.3 is 12.1 Å². The first kappa shape index (κ1) is 12.1. The maximum atomic E-state index is 12.3. The van der Waals surface area contributed by atoms with E-state index in [-0.39, 0.29) is 0 Å². The van der Waals surface area contributed by atoms with Crippen molar-refractivity contribution in [2.75, 3.05) is 0 Å². The quantitative estimate of drug-likeness (QED) is 0.834. The van der Waals surface area contributed by atoms with Gasteiger partial charge in [-0.25, -0.2) is 4.79 Å². The van der Waals surface area contributed by atoms with Gasteiger partial charge in [0.1, 0.15) is 0 Å². The molecule has 0 aliphatic heterocycles. The number of aromatic carboxylic acids is 1. The molecule has 0 saturated heterocycles. The lowest BCUT2D eigenvalue weighted by Gasteiger charge is -2.11. The van der Waals surface area contributed by atoms with Crippen molar-refractivity contribution in [3.05, 3.63) is 33.3 Å². The largest absolute Gasteiger partial charge is 0.478 e. The van der Waals surface area contributed by atoms with Gasteiger partial charge in [0.2, 0.25) is 0 Å². The van der Waals surface area contributed by atoms with Crippen LogP contribution in [-0.2, 0) is 6.18 Å². The highest BCUT2D eigenvalue weighted by Crippen LogP contribution is 2.40. The Morgan fingerprint density at radius 3 is 1.87 bits per heavy atom. The number of halogens is 5. The molecule has 0 unspecified atom stereocenters. The Labute approximate surface area is 92.2 Å². The van der Waals surface area contributed by atoms with Gasteiger partial charge in [-0.15, -0.1) is 0 Å². The van der Waals surface area contributed by atoms with Crippen LogP contribution >= 0.6 is 23.2 Å². The Hall–Kier alpha value is -0.940. The molecule has 0 aliphatic carbocycles. The molecule has 7 heteroatoms. The molecule has 0 aromatic heterocycles. The molecule has 1 N–H and O–H groups in total. The van der Waals surface area contributed by atoms with Crippen LogP contribution < -0.4 is 0 Å². The molecule has 0 aliphatic rings. The maximum absolute atomic E-state index is 12.3. The Morgan fingerprint density at radius 2 is 1.60 bits per heavy atom. The van der Waals surface area contributed by atoms with Gasteiger partial charge in [-0.05, 0) is 12.1 Å². The molecule has 82 valence electrons. The van der Waals surface area contributed by atoms with E-state index in [0.29, 0.717) is 12.1 Å². The minimum absolute atomic E-state index is 0.391. The third-order valence-corrected chi connectivity index (χ3v) is 2.17. The van der Waals surface area contributed by atoms with Crippen molar-refractivity contribution in [2.45, 2.75) is 6.18 Å². The summed E-state index contributed by atoms with van der Waals surface area (Å²) in [5.41, 5.74) is -1.62. The number of hydrogen-bond donors (Lipinski definition) is 1. The molecule has 2 nitrogen and oxygen atoms in total. The van der Waals surface area contributed by atoms with E-state index in [2.05, 4.69) is 0 Å². The molecule has 0 radical (unpaired) electrons. The molecule has 0 atom stereocenters. The molecule has 0 bridgehead atoms. The van der Waals surface area contributed by atoms with E-state index in [9.17, 15) is 18.0 Å². The Kier molecular flexibility index (Phi) is 3.16. The lowest BCUT2D eigenvalue weighted by molar-refractivity contribution is -0.137. The molecule has 0 saturated carbocycles. The summed E-state index contributed by atoms with van der Waals surface area (Å²) in [7, 11) is 0. The van der Waals surface area contributed by atoms with Crippen molar-refractivity contribution < 1.29 is 23.1 Å². The Balaban J connectivity index is 3.41. The molecule has 0 heterocycles. The molecule has 0 fully saturated rings. The Morgan fingerprint density at radius 1 is 1.20 bits per heavy atom. The smallest absolute Gasteiger partial charge is 0.419 e. The zero-order chi connectivity index (χ0) is 11.8. The van der Waals surface area contributed by atoms with Crippen molar-refractivity contribution in [2.24, 2.45) is 0 Å². The number of hydrogen-bond acceptors (Lipinski definition) is 1. The summed E-state index contributed by atoms with van der Waals surface area (Å²) in [6, 6.07) is 1.41. The third-order valence-electron chi connectivity index (χ3n) is 1.57. The lowest BCUT2D eigenvalue weighted by atomic mass is 10.1. The first-order valence-electron chi connectivity index (χ1n) is 3.53. The van der Waals surface area contributed by atoms with Crippen LogP contribution in [0.5, 0.6) is 0 Å². The van der Waals surface area contributed by atoms with E-state index in [1.807, 2.05) is 0 Å². The summed E-state index contributed by atoms with van der Waals surface area (Å²) < 4.78 is 37.0. The highest BCUT2D eigenvalue weighted by Gasteiger charge is 2.36. The predicted octanol–water partition coefficient (Wildman–Crippen LogP) is 3.71. The Bertz CT molecular complexity index is 392. The SMILES string of the molecule is O=C(O)c1cc(Cl)c(C(F)(F)F)c(Cl)c1. The van der Waals surface area contributed by atoms with Crippen LogP contribution in [0.15, 0.2) is 12.1 Å². The van der Waals surface area contributed by atoms with Crippen LogP contribution in [0.2, 0.25) is 10.0 Å². The zero-order valence-electron chi connectivity index (χ0n) is 6.90. The van der Waals surface area contributed by atoms with Gasteiger partial charge in [-0.2, -0.15) is 13.2 Å². The van der Waals surface area contributed by atoms with Crippen LogP contribution in [0.3, 0.4) is 0 Å². The van der Waals surface area contributed by atoms with E-state index in [1.165, 1.54) is 0 Å². The third kappa shape index (κ3) is 2.54. The average molecular weight is 259 g/mol. The molecule has 1 aromatic rings. The monoisotopic (exact) mass is 258 g/mol. The number of benzene rings is 1. The second-order valence-electron chi connectivity index (χ2n) is 2.62. The number of alkyl halides is 3. The van der Waals surface area contributed by atoms with Gasteiger partial charge in [0.25, 0.3) is 0 Å². The molecule has 15 heavy (non-hydrogen) atoms. The zero-order valence-corrected chi connectivity index (χ0v) is 8.41. The molecule has 1 rings (SSSR count). The van der Waals surface area contributed by atoms with Gasteiger partial charge in [-0.3, -0.25) is 0 Å². The summed E-state index contributed by atoms with van der Waals surface area (Å²) in [5.74, 6) is -1.40. The average Bonchev–Trinajstić information content (AvgIpc) is 1.99. The van der Waals surface area contributed by atoms with Crippen LogP contribution in [0.4, 0.5) is 13.2 Å². The fourth-order valence-corrected chi connectivity index (χ4v) is 1.67. The highest BCUT2D eigenvalue weighted by atomic mass is 35.5. The number of carboxylic acids is 1. The van der Waals surface area contributed by atoms with Gasteiger partial charge in [0.15, 0.2) is 0 Å². The summed E-state index contributed by atoms with van der Waals surface area (Å²) in [4.78, 5) is 10.5. The molecular weight excluding hydrogens is 256 g/mol. The van der Waals surface area contributed by atoms with E-state index in [0.717, 1.165) is 0 Å². The van der Waals surface area contributed by atoms with Crippen molar-refractivity contribution in [1.29, 1.82) is 0 Å². The van der Waals surface area contributed by atoms with E-state index in [4.69, 9.17) is 28.3 Å². The molecule has 1 aromatic carbocycles. The summed E-state index contributed by atoms with van der Waals surface area (Å²) in [5, 5.41) is 7.07. The first-order chi connectivity index (χ1) is 6.73. The number of carbonyl (C=O) groups is 1. The normalized spacial score (nSPS) is 11.5. The minimum atomic E-state index is -4.70. The van der Waals surface area contributed by atoms with E-state index < -0.39 is 33.3 Å². The maximum Gasteiger partial charge on any atom is 0.419 e. The van der Waals surface area contributed by atoms with Crippen molar-refractivity contribution in [3.63, 3.8) is 0 Å². The summed E-state index contributed by atoms with van der Waals surface area (Å²) in [6.07, 6.45) is -4.70. The van der Waals surface area contributed by atoms with Crippen LogP contribution in [-0.4, -0.2) is 11.1 Å². The second kappa shape index (κ2) is 3.90. The minimum Gasteiger partial charge on any atom is -0.478 e. The lowest BCUT2D eigenvalue weighted by Crippen LogP contribution is -2.08. The second-order valence-corrected chi connectivity index (χ2v) is 3.43. The highest BCUT2D eigenvalue weighted by molar-refractivity contribution is 6.36. The summed E-state index contributed by atoms with van der Waals surface area (Å²) >= 11 is 10.6. The van der Waals surface area contributed by atoms with Crippen molar-refractivity contribution >= 4 is 29.2 Å². The van der Waals surface area contributed by atoms with Crippen molar-refractivity contribution in [1.82, 2.24) is 0 Å². The molecule has 0 spiro atoms. The van der Waals surface area contributed by atoms with Crippen LogP contribution in [0, 0.1) is 0 Å². The van der Waals surface area contributed by atoms with Gasteiger partial charge in [-0.1, -0.05) is 23.2 Å². The number of rotatable bonds is 1. The summed E-state index contributed by atoms with van der Waals surface area (Å²) in [6.45, 7) is 0. The van der Waals surface area contributed by atoms with Crippen molar-refractivity contribution in [3.8, 4) is 0 Å². The van der Waals surface area contributed by atoms with Crippen LogP contribution in [0.25, 0.3) is 0 Å². The first-order valence-corrected chi connectivity index (χ1v) is 4.28. The predicted molar refractivity (Wildman–Crippen MR) is 48.4 cm³/mol. The van der Waals surface area contributed by atoms with Gasteiger partial charge in [0, 0.05) is 0 Å². The topological polar surface area (TPSA) is 37.3 Å². The standard InChI is InChI=1S/C8H3Cl2F3O2/c9-4-1-3(7(14)15)2-5(10)6(4)8(11,12)13/h1-2H,(H,14,15). The van der Waals surface area contributed by atoms with Crippen LogP contribution in [0.1, 0.15) is 15.9 Å².